The summed E-state index contributed by atoms with van der Waals surface area (Å²) in [5.74, 6) is -1.92. The van der Waals surface area contributed by atoms with Crippen LogP contribution in [0.2, 0.25) is 0 Å². The van der Waals surface area contributed by atoms with E-state index in [0.717, 1.165) is 16.7 Å². The maximum atomic E-state index is 12.4. The number of hydrogen-bond acceptors (Lipinski definition) is 3. The molecule has 2 aromatic carbocycles. The van der Waals surface area contributed by atoms with E-state index < -0.39 is 27.9 Å². The van der Waals surface area contributed by atoms with Crippen LogP contribution in [0, 0.1) is 13.8 Å². The maximum Gasteiger partial charge on any atom is 0.319 e. The van der Waals surface area contributed by atoms with Gasteiger partial charge in [-0.1, -0.05) is 47.5 Å². The van der Waals surface area contributed by atoms with Crippen LogP contribution in [0.1, 0.15) is 23.1 Å². The van der Waals surface area contributed by atoms with E-state index in [1.54, 1.807) is 12.1 Å². The number of nitrogens with one attached hydrogen (secondary N) is 1. The highest BCUT2D eigenvalue weighted by molar-refractivity contribution is 7.87. The van der Waals surface area contributed by atoms with Gasteiger partial charge in [0.25, 0.3) is 0 Å². The molecule has 5 nitrogen and oxygen atoms in total. The average Bonchev–Trinajstić information content (AvgIpc) is 2.58. The summed E-state index contributed by atoms with van der Waals surface area (Å²) in [6.45, 7) is 3.91. The van der Waals surface area contributed by atoms with Gasteiger partial charge in [0.05, 0.1) is 0 Å². The van der Waals surface area contributed by atoms with Crippen LogP contribution in [0.25, 0.3) is 0 Å². The van der Waals surface area contributed by atoms with E-state index in [-0.39, 0.29) is 12.2 Å². The van der Waals surface area contributed by atoms with Gasteiger partial charge in [-0.2, -0.15) is 0 Å². The number of carboxylic acid groups (broad SMARTS) is 1. The lowest BCUT2D eigenvalue weighted by molar-refractivity contribution is -0.136. The van der Waals surface area contributed by atoms with Gasteiger partial charge >= 0.3 is 5.97 Å². The van der Waals surface area contributed by atoms with Crippen LogP contribution in [-0.2, 0) is 26.8 Å². The first-order valence-corrected chi connectivity index (χ1v) is 9.75. The molecule has 138 valence electrons. The summed E-state index contributed by atoms with van der Waals surface area (Å²) in [6, 6.07) is 15.0. The zero-order chi connectivity index (χ0) is 19.1. The molecule has 0 aliphatic carbocycles. The molecule has 0 heterocycles. The van der Waals surface area contributed by atoms with Crippen LogP contribution in [0.15, 0.2) is 48.5 Å². The first kappa shape index (κ1) is 19.8. The highest BCUT2D eigenvalue weighted by atomic mass is 32.2. The van der Waals surface area contributed by atoms with Crippen molar-refractivity contribution in [3.63, 3.8) is 0 Å². The van der Waals surface area contributed by atoms with E-state index in [0.29, 0.717) is 12.1 Å². The number of aryl methyl sites for hydroxylation is 3. The minimum absolute atomic E-state index is 0.225. The summed E-state index contributed by atoms with van der Waals surface area (Å²) in [7, 11) is -1.79. The second kappa shape index (κ2) is 9.29. The molecular weight excluding hydrogens is 350 g/mol. The first-order valence-electron chi connectivity index (χ1n) is 8.37. The largest absolute Gasteiger partial charge is 0.480 e. The van der Waals surface area contributed by atoms with Gasteiger partial charge in [0, 0.05) is 16.5 Å². The van der Waals surface area contributed by atoms with Gasteiger partial charge in [0.2, 0.25) is 5.91 Å². The number of amides is 1. The molecule has 0 aliphatic rings. The van der Waals surface area contributed by atoms with Crippen molar-refractivity contribution >= 4 is 28.4 Å². The van der Waals surface area contributed by atoms with E-state index >= 15 is 0 Å². The molecular formula is C20H23NO4S. The second-order valence-electron chi connectivity index (χ2n) is 6.29. The molecule has 0 saturated carbocycles. The van der Waals surface area contributed by atoms with Gasteiger partial charge in [0.1, 0.15) is 11.0 Å². The Morgan fingerprint density at radius 3 is 2.08 bits per heavy atom. The number of carbonyl (C=O) groups is 2. The Labute approximate surface area is 155 Å². The fourth-order valence-electron chi connectivity index (χ4n) is 2.48. The molecule has 2 atom stereocenters. The van der Waals surface area contributed by atoms with Crippen molar-refractivity contribution in [1.29, 1.82) is 0 Å². The fourth-order valence-corrected chi connectivity index (χ4v) is 3.62. The monoisotopic (exact) mass is 373 g/mol. The van der Waals surface area contributed by atoms with Crippen molar-refractivity contribution in [3.8, 4) is 0 Å². The number of aliphatic carboxylic acids is 1. The number of hydrogen-bond donors (Lipinski definition) is 2. The maximum absolute atomic E-state index is 12.4. The summed E-state index contributed by atoms with van der Waals surface area (Å²) in [5.41, 5.74) is 3.78. The lowest BCUT2D eigenvalue weighted by Gasteiger charge is -2.13. The topological polar surface area (TPSA) is 83.5 Å². The van der Waals surface area contributed by atoms with Crippen LogP contribution in [-0.4, -0.2) is 32.2 Å². The number of benzene rings is 2. The molecule has 0 spiro atoms. The minimum atomic E-state index is -1.79. The van der Waals surface area contributed by atoms with Crippen molar-refractivity contribution in [2.24, 2.45) is 0 Å². The molecule has 0 fully saturated rings. The van der Waals surface area contributed by atoms with Crippen molar-refractivity contribution < 1.29 is 18.9 Å². The molecule has 2 rings (SSSR count). The second-order valence-corrected chi connectivity index (χ2v) is 7.91. The molecule has 2 N–H and O–H groups in total. The summed E-state index contributed by atoms with van der Waals surface area (Å²) >= 11 is 0. The van der Waals surface area contributed by atoms with Crippen LogP contribution in [0.4, 0.5) is 5.69 Å². The van der Waals surface area contributed by atoms with Crippen LogP contribution in [0.5, 0.6) is 0 Å². The van der Waals surface area contributed by atoms with E-state index in [9.17, 15) is 18.9 Å². The lowest BCUT2D eigenvalue weighted by Crippen LogP contribution is -2.32. The van der Waals surface area contributed by atoms with Gasteiger partial charge in [-0.15, -0.1) is 0 Å². The summed E-state index contributed by atoms with van der Waals surface area (Å²) in [6.07, 6.45) is 0.728. The molecule has 0 radical (unpaired) electrons. The van der Waals surface area contributed by atoms with Crippen molar-refractivity contribution in [2.45, 2.75) is 31.9 Å². The molecule has 0 aliphatic heterocycles. The molecule has 0 bridgehead atoms. The zero-order valence-corrected chi connectivity index (χ0v) is 15.7. The number of rotatable bonds is 8. The quantitative estimate of drug-likeness (QED) is 0.745. The zero-order valence-electron chi connectivity index (χ0n) is 14.9. The molecule has 26 heavy (non-hydrogen) atoms. The normalized spacial score (nSPS) is 13.0. The number of carbonyl (C=O) groups excluding carboxylic acids is 1. The van der Waals surface area contributed by atoms with Crippen molar-refractivity contribution in [2.75, 3.05) is 11.1 Å². The highest BCUT2D eigenvalue weighted by Crippen LogP contribution is 2.13. The fraction of sp³-hybridized carbons (Fsp3) is 0.300. The molecule has 2 aromatic rings. The van der Waals surface area contributed by atoms with Crippen molar-refractivity contribution in [3.05, 3.63) is 65.2 Å². The Morgan fingerprint density at radius 2 is 1.54 bits per heavy atom. The summed E-state index contributed by atoms with van der Waals surface area (Å²) in [4.78, 5) is 23.5. The van der Waals surface area contributed by atoms with E-state index in [1.807, 2.05) is 50.2 Å². The van der Waals surface area contributed by atoms with Gasteiger partial charge in [0.15, 0.2) is 0 Å². The third-order valence-electron chi connectivity index (χ3n) is 4.02. The Kier molecular flexibility index (Phi) is 7.09. The van der Waals surface area contributed by atoms with Crippen LogP contribution >= 0.6 is 0 Å². The molecule has 2 unspecified atom stereocenters. The first-order chi connectivity index (χ1) is 12.3. The Hall–Kier alpha value is -2.47. The van der Waals surface area contributed by atoms with Crippen molar-refractivity contribution in [1.82, 2.24) is 0 Å². The molecule has 0 aromatic heterocycles. The molecule has 0 saturated heterocycles. The van der Waals surface area contributed by atoms with Crippen LogP contribution in [0.3, 0.4) is 0 Å². The van der Waals surface area contributed by atoms with E-state index in [4.69, 9.17) is 0 Å². The molecule has 6 heteroatoms. The predicted octanol–water partition coefficient (Wildman–Crippen LogP) is 3.08. The smallest absolute Gasteiger partial charge is 0.319 e. The van der Waals surface area contributed by atoms with E-state index in [2.05, 4.69) is 5.32 Å². The predicted molar refractivity (Wildman–Crippen MR) is 104 cm³/mol. The summed E-state index contributed by atoms with van der Waals surface area (Å²) < 4.78 is 12.4. The van der Waals surface area contributed by atoms with E-state index in [1.165, 1.54) is 0 Å². The standard InChI is InChI=1S/C20H23NO4S/c1-14-3-7-16(8-4-14)9-12-18(20(23)24)26(25)13-19(22)21-17-10-5-15(2)6-11-17/h3-8,10-11,18H,9,12-13H2,1-2H3,(H,21,22)(H,23,24). The third-order valence-corrected chi connectivity index (χ3v) is 5.64. The summed E-state index contributed by atoms with van der Waals surface area (Å²) in [5, 5.41) is 11.0. The number of anilines is 1. The van der Waals surface area contributed by atoms with Crippen LogP contribution < -0.4 is 5.32 Å². The Bertz CT molecular complexity index is 784. The van der Waals surface area contributed by atoms with Gasteiger partial charge < -0.3 is 10.4 Å². The third kappa shape index (κ3) is 6.11. The average molecular weight is 373 g/mol. The SMILES string of the molecule is Cc1ccc(CCC(C(=O)O)S(=O)CC(=O)Nc2ccc(C)cc2)cc1. The Morgan fingerprint density at radius 1 is 1.00 bits per heavy atom. The number of carboxylic acids is 1. The highest BCUT2D eigenvalue weighted by Gasteiger charge is 2.26. The minimum Gasteiger partial charge on any atom is -0.480 e. The molecule has 1 amide bonds. The Balaban J connectivity index is 1.92. The van der Waals surface area contributed by atoms with Gasteiger partial charge in [-0.3, -0.25) is 13.8 Å². The lowest BCUT2D eigenvalue weighted by atomic mass is 10.1. The van der Waals surface area contributed by atoms with Gasteiger partial charge in [-0.05, 0) is 44.4 Å². The van der Waals surface area contributed by atoms with Gasteiger partial charge in [-0.25, -0.2) is 0 Å².